The van der Waals surface area contributed by atoms with Crippen LogP contribution >= 0.6 is 39.7 Å². The molecule has 0 radical (unpaired) electrons. The van der Waals surface area contributed by atoms with Crippen molar-refractivity contribution in [1.29, 1.82) is 0 Å². The summed E-state index contributed by atoms with van der Waals surface area (Å²) in [5.41, 5.74) is 0.303. The Morgan fingerprint density at radius 1 is 1.50 bits per heavy atom. The quantitative estimate of drug-likeness (QED) is 0.778. The van der Waals surface area contributed by atoms with E-state index in [2.05, 4.69) is 42.0 Å². The number of amides is 1. The van der Waals surface area contributed by atoms with Gasteiger partial charge in [0.1, 0.15) is 0 Å². The number of carbonyl (C=O) groups is 1. The zero-order valence-corrected chi connectivity index (χ0v) is 13.3. The van der Waals surface area contributed by atoms with Crippen molar-refractivity contribution < 1.29 is 4.79 Å². The first-order valence-electron chi connectivity index (χ1n) is 5.27. The summed E-state index contributed by atoms with van der Waals surface area (Å²) in [7, 11) is 1.61. The van der Waals surface area contributed by atoms with Crippen LogP contribution in [0.25, 0.3) is 0 Å². The van der Waals surface area contributed by atoms with Crippen molar-refractivity contribution in [2.75, 3.05) is 5.32 Å². The predicted molar refractivity (Wildman–Crippen MR) is 81.6 cm³/mol. The minimum atomic E-state index is -0.433. The number of hydrogen-bond donors (Lipinski definition) is 2. The summed E-state index contributed by atoms with van der Waals surface area (Å²) in [6, 6.07) is 4.95. The Hall–Kier alpha value is -1.58. The van der Waals surface area contributed by atoms with E-state index in [4.69, 9.17) is 23.8 Å². The zero-order valence-electron chi connectivity index (χ0n) is 10.1. The SMILES string of the molecule is Cn1nnc(NC(=S)NC(=O)c2cc(Br)ccc2Cl)n1. The van der Waals surface area contributed by atoms with Gasteiger partial charge in [0.2, 0.25) is 0 Å². The monoisotopic (exact) mass is 374 g/mol. The van der Waals surface area contributed by atoms with Gasteiger partial charge in [-0.25, -0.2) is 0 Å². The lowest BCUT2D eigenvalue weighted by atomic mass is 10.2. The van der Waals surface area contributed by atoms with E-state index >= 15 is 0 Å². The molecule has 0 unspecified atom stereocenters. The van der Waals surface area contributed by atoms with Gasteiger partial charge >= 0.3 is 0 Å². The van der Waals surface area contributed by atoms with Crippen molar-refractivity contribution in [3.63, 3.8) is 0 Å². The molecule has 0 spiro atoms. The van der Waals surface area contributed by atoms with Crippen LogP contribution in [0.2, 0.25) is 5.02 Å². The molecule has 0 fully saturated rings. The topological polar surface area (TPSA) is 84.7 Å². The van der Waals surface area contributed by atoms with E-state index in [1.165, 1.54) is 4.80 Å². The lowest BCUT2D eigenvalue weighted by Gasteiger charge is -2.08. The average Bonchev–Trinajstić information content (AvgIpc) is 2.77. The minimum Gasteiger partial charge on any atom is -0.299 e. The van der Waals surface area contributed by atoms with E-state index in [0.717, 1.165) is 4.47 Å². The maximum atomic E-state index is 12.0. The minimum absolute atomic E-state index is 0.0547. The molecule has 7 nitrogen and oxygen atoms in total. The molecule has 1 aromatic heterocycles. The number of hydrogen-bond acceptors (Lipinski definition) is 5. The highest BCUT2D eigenvalue weighted by molar-refractivity contribution is 9.10. The molecule has 0 aliphatic carbocycles. The molecule has 20 heavy (non-hydrogen) atoms. The summed E-state index contributed by atoms with van der Waals surface area (Å²) in [4.78, 5) is 13.3. The number of rotatable bonds is 2. The molecule has 0 aliphatic rings. The van der Waals surface area contributed by atoms with Crippen LogP contribution in [-0.2, 0) is 7.05 Å². The van der Waals surface area contributed by atoms with Crippen LogP contribution < -0.4 is 10.6 Å². The third-order valence-electron chi connectivity index (χ3n) is 2.13. The molecule has 10 heteroatoms. The van der Waals surface area contributed by atoms with E-state index in [9.17, 15) is 4.79 Å². The number of aromatic nitrogens is 4. The maximum absolute atomic E-state index is 12.0. The first-order valence-corrected chi connectivity index (χ1v) is 6.85. The fourth-order valence-electron chi connectivity index (χ4n) is 1.31. The fraction of sp³-hybridized carbons (Fsp3) is 0.100. The second-order valence-corrected chi connectivity index (χ2v) is 5.37. The van der Waals surface area contributed by atoms with Gasteiger partial charge < -0.3 is 0 Å². The van der Waals surface area contributed by atoms with Crippen LogP contribution in [0.3, 0.4) is 0 Å². The van der Waals surface area contributed by atoms with E-state index in [-0.39, 0.29) is 11.1 Å². The lowest BCUT2D eigenvalue weighted by Crippen LogP contribution is -2.34. The van der Waals surface area contributed by atoms with Gasteiger partial charge in [-0.1, -0.05) is 32.6 Å². The summed E-state index contributed by atoms with van der Waals surface area (Å²) >= 11 is 14.2. The lowest BCUT2D eigenvalue weighted by molar-refractivity contribution is 0.0978. The van der Waals surface area contributed by atoms with Crippen LogP contribution in [0.4, 0.5) is 5.95 Å². The fourth-order valence-corrected chi connectivity index (χ4v) is 2.06. The number of carbonyl (C=O) groups excluding carboxylic acids is 1. The van der Waals surface area contributed by atoms with Crippen LogP contribution in [0.1, 0.15) is 10.4 Å². The number of nitrogens with zero attached hydrogens (tertiary/aromatic N) is 4. The summed E-state index contributed by atoms with van der Waals surface area (Å²) in [5.74, 6) is -0.240. The van der Waals surface area contributed by atoms with Gasteiger partial charge in [-0.05, 0) is 35.6 Å². The maximum Gasteiger partial charge on any atom is 0.269 e. The van der Waals surface area contributed by atoms with Crippen molar-refractivity contribution in [2.24, 2.45) is 7.05 Å². The molecule has 0 bridgehead atoms. The molecule has 2 rings (SSSR count). The Morgan fingerprint density at radius 3 is 2.90 bits per heavy atom. The van der Waals surface area contributed by atoms with E-state index in [1.54, 1.807) is 25.2 Å². The standard InChI is InChI=1S/C10H8BrClN6OS/c1-18-16-9(15-17-18)14-10(20)13-8(19)6-4-5(11)2-3-7(6)12/h2-4H,1H3,(H2,13,14,16,19,20). The van der Waals surface area contributed by atoms with Crippen molar-refractivity contribution in [2.45, 2.75) is 0 Å². The van der Waals surface area contributed by atoms with E-state index in [0.29, 0.717) is 10.6 Å². The number of nitrogens with one attached hydrogen (secondary N) is 2. The van der Waals surface area contributed by atoms with E-state index in [1.807, 2.05) is 0 Å². The van der Waals surface area contributed by atoms with Crippen molar-refractivity contribution in [3.05, 3.63) is 33.3 Å². The van der Waals surface area contributed by atoms with Gasteiger partial charge in [0.15, 0.2) is 5.11 Å². The number of thiocarbonyl (C=S) groups is 1. The molecule has 0 aliphatic heterocycles. The number of benzene rings is 1. The van der Waals surface area contributed by atoms with Crippen LogP contribution in [0.15, 0.2) is 22.7 Å². The number of halogens is 2. The van der Waals surface area contributed by atoms with Gasteiger partial charge in [0.25, 0.3) is 11.9 Å². The highest BCUT2D eigenvalue weighted by Gasteiger charge is 2.13. The molecule has 0 saturated heterocycles. The van der Waals surface area contributed by atoms with Crippen molar-refractivity contribution >= 4 is 56.7 Å². The molecule has 0 atom stereocenters. The Balaban J connectivity index is 2.04. The first kappa shape index (κ1) is 14.8. The third-order valence-corrected chi connectivity index (χ3v) is 3.16. The smallest absolute Gasteiger partial charge is 0.269 e. The molecular formula is C10H8BrClN6OS. The van der Waals surface area contributed by atoms with Crippen molar-refractivity contribution in [1.82, 2.24) is 25.5 Å². The molecule has 1 aromatic carbocycles. The van der Waals surface area contributed by atoms with Gasteiger partial charge in [0, 0.05) is 4.47 Å². The average molecular weight is 376 g/mol. The molecule has 104 valence electrons. The van der Waals surface area contributed by atoms with Crippen LogP contribution in [-0.4, -0.2) is 31.2 Å². The Kier molecular flexibility index (Phi) is 4.63. The molecule has 1 amide bonds. The highest BCUT2D eigenvalue weighted by Crippen LogP contribution is 2.20. The number of anilines is 1. The van der Waals surface area contributed by atoms with Gasteiger partial charge in [-0.3, -0.25) is 15.4 Å². The first-order chi connectivity index (χ1) is 9.45. The Labute approximate surface area is 132 Å². The molecule has 1 heterocycles. The summed E-state index contributed by atoms with van der Waals surface area (Å²) < 4.78 is 0.738. The second-order valence-electron chi connectivity index (χ2n) is 3.63. The highest BCUT2D eigenvalue weighted by atomic mass is 79.9. The number of tetrazole rings is 1. The van der Waals surface area contributed by atoms with E-state index < -0.39 is 5.91 Å². The van der Waals surface area contributed by atoms with Crippen LogP contribution in [0, 0.1) is 0 Å². The summed E-state index contributed by atoms with van der Waals surface area (Å²) in [6.07, 6.45) is 0. The number of aryl methyl sites for hydroxylation is 1. The largest absolute Gasteiger partial charge is 0.299 e. The zero-order chi connectivity index (χ0) is 14.7. The molecule has 2 N–H and O–H groups in total. The summed E-state index contributed by atoms with van der Waals surface area (Å²) in [5, 5.41) is 16.7. The Bertz CT molecular complexity index is 676. The van der Waals surface area contributed by atoms with Crippen LogP contribution in [0.5, 0.6) is 0 Å². The molecular weight excluding hydrogens is 368 g/mol. The predicted octanol–water partition coefficient (Wildman–Crippen LogP) is 1.75. The Morgan fingerprint density at radius 2 is 2.25 bits per heavy atom. The summed E-state index contributed by atoms with van der Waals surface area (Å²) in [6.45, 7) is 0. The second kappa shape index (κ2) is 6.25. The molecule has 2 aromatic rings. The van der Waals surface area contributed by atoms with Crippen molar-refractivity contribution in [3.8, 4) is 0 Å². The molecule has 0 saturated carbocycles. The normalized spacial score (nSPS) is 10.2. The van der Waals surface area contributed by atoms with Gasteiger partial charge in [0.05, 0.1) is 17.6 Å². The third kappa shape index (κ3) is 3.71. The van der Waals surface area contributed by atoms with Gasteiger partial charge in [-0.15, -0.1) is 5.10 Å². The van der Waals surface area contributed by atoms with Gasteiger partial charge in [-0.2, -0.15) is 4.80 Å².